The summed E-state index contributed by atoms with van der Waals surface area (Å²) >= 11 is 0.544. The van der Waals surface area contributed by atoms with Crippen molar-refractivity contribution >= 4 is 36.1 Å². The van der Waals surface area contributed by atoms with Crippen molar-refractivity contribution in [2.75, 3.05) is 24.9 Å². The molecule has 5 N–H and O–H groups in total. The Kier molecular flexibility index (Phi) is 12.7. The molecule has 0 saturated heterocycles. The van der Waals surface area contributed by atoms with Crippen LogP contribution in [0.15, 0.2) is 18.2 Å². The molecule has 1 aliphatic heterocycles. The average molecular weight is 429 g/mol. The number of hydrogen-bond acceptors (Lipinski definition) is 7. The third-order valence-corrected chi connectivity index (χ3v) is 4.01. The van der Waals surface area contributed by atoms with Gasteiger partial charge in [-0.05, 0) is 50.5 Å². The molecule has 0 aromatic heterocycles. The summed E-state index contributed by atoms with van der Waals surface area (Å²) < 4.78 is 16.4. The predicted molar refractivity (Wildman–Crippen MR) is 115 cm³/mol. The first-order chi connectivity index (χ1) is 13.5. The van der Waals surface area contributed by atoms with Gasteiger partial charge in [-0.25, -0.2) is 0 Å². The summed E-state index contributed by atoms with van der Waals surface area (Å²) in [6, 6.07) is 5.82. The maximum Gasteiger partial charge on any atom is 0.242 e. The zero-order chi connectivity index (χ0) is 22.4. The van der Waals surface area contributed by atoms with E-state index in [2.05, 4.69) is 15.8 Å². The maximum absolute atomic E-state index is 11.8. The van der Waals surface area contributed by atoms with E-state index in [1.807, 2.05) is 39.0 Å². The number of amides is 3. The lowest BCUT2D eigenvalue weighted by Gasteiger charge is -2.29. The molecule has 0 bridgehead atoms. The van der Waals surface area contributed by atoms with Gasteiger partial charge >= 0.3 is 0 Å². The number of methoxy groups -OCH3 is 1. The Labute approximate surface area is 176 Å². The van der Waals surface area contributed by atoms with Crippen molar-refractivity contribution in [2.24, 2.45) is 5.73 Å². The van der Waals surface area contributed by atoms with E-state index < -0.39 is 0 Å². The van der Waals surface area contributed by atoms with Gasteiger partial charge in [0.05, 0.1) is 12.1 Å². The van der Waals surface area contributed by atoms with Crippen LogP contribution in [0.3, 0.4) is 0 Å². The first-order valence-electron chi connectivity index (χ1n) is 8.98. The van der Waals surface area contributed by atoms with Crippen molar-refractivity contribution in [1.82, 2.24) is 10.2 Å². The molecule has 0 unspecified atom stereocenters. The number of rotatable bonds is 5. The molecule has 0 fully saturated rings. The zero-order valence-corrected chi connectivity index (χ0v) is 18.5. The van der Waals surface area contributed by atoms with Gasteiger partial charge in [-0.2, -0.15) is 0 Å². The van der Waals surface area contributed by atoms with E-state index in [1.54, 1.807) is 12.0 Å². The molecular weight excluding hydrogens is 396 g/mol. The van der Waals surface area contributed by atoms with Crippen LogP contribution in [0, 0.1) is 0 Å². The maximum atomic E-state index is 11.8. The Morgan fingerprint density at radius 2 is 1.93 bits per heavy atom. The van der Waals surface area contributed by atoms with Crippen LogP contribution in [0.2, 0.25) is 0 Å². The van der Waals surface area contributed by atoms with E-state index >= 15 is 0 Å². The van der Waals surface area contributed by atoms with Crippen molar-refractivity contribution in [2.45, 2.75) is 46.3 Å². The highest BCUT2D eigenvalue weighted by Crippen LogP contribution is 2.23. The van der Waals surface area contributed by atoms with E-state index in [0.717, 1.165) is 17.7 Å². The Balaban J connectivity index is 0.000000654. The molecule has 2 rings (SSSR count). The third kappa shape index (κ3) is 12.7. The van der Waals surface area contributed by atoms with Gasteiger partial charge in [0, 0.05) is 32.8 Å². The minimum Gasteiger partial charge on any atom is -0.379 e. The van der Waals surface area contributed by atoms with Crippen LogP contribution in [0.1, 0.15) is 38.8 Å². The van der Waals surface area contributed by atoms with Crippen LogP contribution in [0.25, 0.3) is 0 Å². The molecule has 3 amide bonds. The molecule has 1 aromatic carbocycles. The molecule has 0 saturated carbocycles. The monoisotopic (exact) mass is 428 g/mol. The summed E-state index contributed by atoms with van der Waals surface area (Å²) in [6.45, 7) is 8.59. The lowest BCUT2D eigenvalue weighted by Crippen LogP contribution is -2.40. The van der Waals surface area contributed by atoms with Crippen LogP contribution in [-0.2, 0) is 32.1 Å². The first-order valence-corrected chi connectivity index (χ1v) is 9.75. The second-order valence-electron chi connectivity index (χ2n) is 7.17. The largest absolute Gasteiger partial charge is 0.379 e. The molecule has 29 heavy (non-hydrogen) atoms. The van der Waals surface area contributed by atoms with Gasteiger partial charge in [-0.15, -0.1) is 0 Å². The summed E-state index contributed by atoms with van der Waals surface area (Å²) in [5.74, 6) is -0.423. The number of carbonyl (C=O) groups excluding carboxylic acids is 3. The van der Waals surface area contributed by atoms with E-state index in [0.29, 0.717) is 31.7 Å². The minimum atomic E-state index is -0.333. The molecule has 0 radical (unpaired) electrons. The molecule has 0 aliphatic carbocycles. The number of benzene rings is 1. The van der Waals surface area contributed by atoms with E-state index in [4.69, 9.17) is 9.29 Å². The van der Waals surface area contributed by atoms with Gasteiger partial charge < -0.3 is 30.0 Å². The third-order valence-electron chi connectivity index (χ3n) is 3.68. The zero-order valence-electron chi connectivity index (χ0n) is 17.7. The number of nitrogens with zero attached hydrogens (tertiary/aromatic N) is 1. The SMILES string of the molecule is CC(N)=O.COC(C)(C)C.O=CNCC(=O)N1CCc2ccc(NSO)cc2C1. The molecule has 1 heterocycles. The van der Waals surface area contributed by atoms with Crippen molar-refractivity contribution in [3.63, 3.8) is 0 Å². The van der Waals surface area contributed by atoms with Gasteiger partial charge in [0.15, 0.2) is 0 Å². The van der Waals surface area contributed by atoms with Crippen LogP contribution < -0.4 is 15.8 Å². The highest BCUT2D eigenvalue weighted by molar-refractivity contribution is 7.95. The molecule has 0 atom stereocenters. The number of primary amides is 1. The fourth-order valence-electron chi connectivity index (χ4n) is 2.13. The minimum absolute atomic E-state index is 0.0310. The number of hydrogen-bond donors (Lipinski definition) is 4. The summed E-state index contributed by atoms with van der Waals surface area (Å²) in [7, 11) is 1.71. The first kappa shape index (κ1) is 26.7. The Morgan fingerprint density at radius 3 is 2.41 bits per heavy atom. The molecule has 10 heteroatoms. The number of nitrogens with one attached hydrogen (secondary N) is 2. The summed E-state index contributed by atoms with van der Waals surface area (Å²) in [5.41, 5.74) is 7.58. The summed E-state index contributed by atoms with van der Waals surface area (Å²) in [6.07, 6.45) is 1.32. The Bertz CT molecular complexity index is 660. The van der Waals surface area contributed by atoms with Gasteiger partial charge in [-0.3, -0.25) is 14.4 Å². The topological polar surface area (TPSA) is 134 Å². The van der Waals surface area contributed by atoms with Crippen molar-refractivity contribution in [3.05, 3.63) is 29.3 Å². The van der Waals surface area contributed by atoms with Gasteiger partial charge in [0.2, 0.25) is 18.2 Å². The molecule has 0 spiro atoms. The lowest BCUT2D eigenvalue weighted by atomic mass is 9.99. The number of nitrogens with two attached hydrogens (primary N) is 1. The highest BCUT2D eigenvalue weighted by atomic mass is 32.2. The van der Waals surface area contributed by atoms with Gasteiger partial charge in [0.25, 0.3) is 0 Å². The molecule has 1 aliphatic rings. The van der Waals surface area contributed by atoms with Crippen molar-refractivity contribution in [1.29, 1.82) is 0 Å². The Hall–Kier alpha value is -2.30. The molecule has 164 valence electrons. The van der Waals surface area contributed by atoms with Crippen molar-refractivity contribution in [3.8, 4) is 0 Å². The van der Waals surface area contributed by atoms with Crippen molar-refractivity contribution < 1.29 is 23.7 Å². The second-order valence-corrected chi connectivity index (χ2v) is 7.55. The van der Waals surface area contributed by atoms with E-state index in [-0.39, 0.29) is 24.0 Å². The summed E-state index contributed by atoms with van der Waals surface area (Å²) in [5, 5.41) is 2.38. The predicted octanol–water partition coefficient (Wildman–Crippen LogP) is 1.77. The Morgan fingerprint density at radius 1 is 1.34 bits per heavy atom. The number of fused-ring (bicyclic) bond motifs is 1. The molecule has 1 aromatic rings. The van der Waals surface area contributed by atoms with Crippen LogP contribution >= 0.6 is 12.2 Å². The fraction of sp³-hybridized carbons (Fsp3) is 0.526. The van der Waals surface area contributed by atoms with Crippen LogP contribution in [-0.4, -0.2) is 53.5 Å². The highest BCUT2D eigenvalue weighted by Gasteiger charge is 2.20. The van der Waals surface area contributed by atoms with Crippen LogP contribution in [0.5, 0.6) is 0 Å². The summed E-state index contributed by atoms with van der Waals surface area (Å²) in [4.78, 5) is 33.0. The fourth-order valence-corrected chi connectivity index (χ4v) is 2.36. The van der Waals surface area contributed by atoms with Crippen LogP contribution in [0.4, 0.5) is 5.69 Å². The standard InChI is InChI=1S/C12H15N3O3S.C5H12O.C2H5NO/c16-8-13-6-12(17)15-4-3-9-1-2-11(14-19-18)5-10(9)7-15;1-5(2,3)6-4;1-2(3)4/h1-2,5,8,14,18H,3-4,6-7H2,(H,13,16);1-4H3;1H3,(H2,3,4). The number of carbonyl (C=O) groups is 3. The number of anilines is 1. The van der Waals surface area contributed by atoms with E-state index in [9.17, 15) is 14.4 Å². The number of ether oxygens (including phenoxy) is 1. The second kappa shape index (κ2) is 13.8. The lowest BCUT2D eigenvalue weighted by molar-refractivity contribution is -0.132. The van der Waals surface area contributed by atoms with Gasteiger partial charge in [-0.1, -0.05) is 6.07 Å². The van der Waals surface area contributed by atoms with Gasteiger partial charge in [0.1, 0.15) is 12.2 Å². The molecular formula is C19H32N4O5S. The average Bonchev–Trinajstić information content (AvgIpc) is 2.65. The molecule has 9 nitrogen and oxygen atoms in total. The van der Waals surface area contributed by atoms with E-state index in [1.165, 1.54) is 12.5 Å². The normalized spacial score (nSPS) is 12.3. The smallest absolute Gasteiger partial charge is 0.242 e. The quantitative estimate of drug-likeness (QED) is 0.319.